The van der Waals surface area contributed by atoms with Crippen molar-refractivity contribution in [3.63, 3.8) is 0 Å². The molecule has 5 heteroatoms. The predicted molar refractivity (Wildman–Crippen MR) is 82.0 cm³/mol. The van der Waals surface area contributed by atoms with Gasteiger partial charge < -0.3 is 15.2 Å². The Morgan fingerprint density at radius 3 is 2.73 bits per heavy atom. The average Bonchev–Trinajstić information content (AvgIpc) is 2.51. The summed E-state index contributed by atoms with van der Waals surface area (Å²) in [6.07, 6.45) is 2.85. The molecule has 0 fully saturated rings. The quantitative estimate of drug-likeness (QED) is 0.834. The van der Waals surface area contributed by atoms with E-state index in [1.165, 1.54) is 25.3 Å². The summed E-state index contributed by atoms with van der Waals surface area (Å²) < 4.78 is 24.0. The van der Waals surface area contributed by atoms with Gasteiger partial charge >= 0.3 is 0 Å². The Kier molecular flexibility index (Phi) is 5.14. The van der Waals surface area contributed by atoms with E-state index >= 15 is 0 Å². The number of primary amides is 1. The number of ether oxygens (including phenoxy) is 2. The van der Waals surface area contributed by atoms with Crippen molar-refractivity contribution in [2.75, 3.05) is 7.11 Å². The number of amides is 1. The molecule has 22 heavy (non-hydrogen) atoms. The molecule has 0 radical (unpaired) electrons. The van der Waals surface area contributed by atoms with Crippen LogP contribution in [0.4, 0.5) is 4.39 Å². The highest BCUT2D eigenvalue weighted by Gasteiger charge is 2.06. The minimum Gasteiger partial charge on any atom is -0.493 e. The molecule has 1 amide bonds. The van der Waals surface area contributed by atoms with Crippen LogP contribution < -0.4 is 15.2 Å². The van der Waals surface area contributed by atoms with Gasteiger partial charge in [0.25, 0.3) is 0 Å². The van der Waals surface area contributed by atoms with Crippen LogP contribution in [-0.2, 0) is 11.4 Å². The van der Waals surface area contributed by atoms with Crippen LogP contribution in [-0.4, -0.2) is 13.0 Å². The second kappa shape index (κ2) is 7.26. The van der Waals surface area contributed by atoms with Gasteiger partial charge in [-0.15, -0.1) is 0 Å². The summed E-state index contributed by atoms with van der Waals surface area (Å²) in [6, 6.07) is 11.4. The third-order valence-corrected chi connectivity index (χ3v) is 2.91. The smallest absolute Gasteiger partial charge is 0.241 e. The first-order valence-corrected chi connectivity index (χ1v) is 6.61. The number of hydrogen-bond acceptors (Lipinski definition) is 3. The van der Waals surface area contributed by atoms with Crippen molar-refractivity contribution in [2.24, 2.45) is 5.73 Å². The molecule has 0 aromatic heterocycles. The van der Waals surface area contributed by atoms with Crippen molar-refractivity contribution in [1.29, 1.82) is 0 Å². The Morgan fingerprint density at radius 2 is 2.05 bits per heavy atom. The molecule has 0 atom stereocenters. The first-order chi connectivity index (χ1) is 10.6. The molecule has 0 aliphatic heterocycles. The first-order valence-electron chi connectivity index (χ1n) is 6.61. The van der Waals surface area contributed by atoms with E-state index in [1.54, 1.807) is 36.4 Å². The largest absolute Gasteiger partial charge is 0.493 e. The summed E-state index contributed by atoms with van der Waals surface area (Å²) in [5.41, 5.74) is 6.53. The normalized spacial score (nSPS) is 10.6. The van der Waals surface area contributed by atoms with Crippen molar-refractivity contribution in [2.45, 2.75) is 6.61 Å². The third kappa shape index (κ3) is 4.34. The van der Waals surface area contributed by atoms with E-state index in [9.17, 15) is 9.18 Å². The fraction of sp³-hybridized carbons (Fsp3) is 0.118. The van der Waals surface area contributed by atoms with Crippen molar-refractivity contribution >= 4 is 12.0 Å². The number of carbonyl (C=O) groups is 1. The van der Waals surface area contributed by atoms with Gasteiger partial charge in [-0.05, 0) is 41.5 Å². The zero-order chi connectivity index (χ0) is 15.9. The van der Waals surface area contributed by atoms with E-state index in [2.05, 4.69) is 0 Å². The molecule has 4 nitrogen and oxygen atoms in total. The maximum absolute atomic E-state index is 13.1. The van der Waals surface area contributed by atoms with Crippen LogP contribution in [0.3, 0.4) is 0 Å². The Morgan fingerprint density at radius 1 is 1.23 bits per heavy atom. The topological polar surface area (TPSA) is 61.5 Å². The number of hydrogen-bond donors (Lipinski definition) is 1. The third-order valence-electron chi connectivity index (χ3n) is 2.91. The summed E-state index contributed by atoms with van der Waals surface area (Å²) >= 11 is 0. The van der Waals surface area contributed by atoms with Gasteiger partial charge in [0.05, 0.1) is 7.11 Å². The molecular formula is C17H16FNO3. The summed E-state index contributed by atoms with van der Waals surface area (Å²) in [5.74, 6) is 0.219. The molecular weight excluding hydrogens is 285 g/mol. The molecule has 2 aromatic carbocycles. The van der Waals surface area contributed by atoms with Gasteiger partial charge in [0.1, 0.15) is 12.4 Å². The van der Waals surface area contributed by atoms with Crippen LogP contribution in [0.5, 0.6) is 11.5 Å². The number of nitrogens with two attached hydrogens (primary N) is 1. The molecule has 2 N–H and O–H groups in total. The van der Waals surface area contributed by atoms with Crippen LogP contribution in [0, 0.1) is 5.82 Å². The van der Waals surface area contributed by atoms with Gasteiger partial charge in [-0.1, -0.05) is 18.2 Å². The summed E-state index contributed by atoms with van der Waals surface area (Å²) in [7, 11) is 1.52. The van der Waals surface area contributed by atoms with Gasteiger partial charge in [-0.3, -0.25) is 4.79 Å². The lowest BCUT2D eigenvalue weighted by Gasteiger charge is -2.11. The average molecular weight is 301 g/mol. The van der Waals surface area contributed by atoms with Gasteiger partial charge in [0, 0.05) is 6.08 Å². The van der Waals surface area contributed by atoms with Crippen LogP contribution >= 0.6 is 0 Å². The molecule has 0 unspecified atom stereocenters. The molecule has 0 saturated carbocycles. The highest BCUT2D eigenvalue weighted by molar-refractivity contribution is 5.90. The Labute approximate surface area is 128 Å². The Hall–Kier alpha value is -2.82. The summed E-state index contributed by atoms with van der Waals surface area (Å²) in [5, 5.41) is 0. The summed E-state index contributed by atoms with van der Waals surface area (Å²) in [6.45, 7) is 0.227. The first kappa shape index (κ1) is 15.6. The zero-order valence-corrected chi connectivity index (χ0v) is 12.1. The lowest BCUT2D eigenvalue weighted by molar-refractivity contribution is -0.113. The highest BCUT2D eigenvalue weighted by atomic mass is 19.1. The van der Waals surface area contributed by atoms with Gasteiger partial charge in [-0.2, -0.15) is 0 Å². The minimum absolute atomic E-state index is 0.227. The molecule has 0 heterocycles. The summed E-state index contributed by atoms with van der Waals surface area (Å²) in [4.78, 5) is 10.7. The van der Waals surface area contributed by atoms with E-state index in [-0.39, 0.29) is 12.4 Å². The number of rotatable bonds is 6. The SMILES string of the molecule is COc1cc(/C=C/C(N)=O)ccc1OCc1cccc(F)c1. The van der Waals surface area contributed by atoms with Crippen LogP contribution in [0.1, 0.15) is 11.1 Å². The molecule has 2 rings (SSSR count). The molecule has 0 bridgehead atoms. The van der Waals surface area contributed by atoms with Gasteiger partial charge in [-0.25, -0.2) is 4.39 Å². The van der Waals surface area contributed by atoms with Crippen molar-refractivity contribution < 1.29 is 18.7 Å². The second-order valence-electron chi connectivity index (χ2n) is 4.56. The number of carbonyl (C=O) groups excluding carboxylic acids is 1. The fourth-order valence-electron chi connectivity index (χ4n) is 1.87. The zero-order valence-electron chi connectivity index (χ0n) is 12.1. The molecule has 0 aliphatic carbocycles. The van der Waals surface area contributed by atoms with Gasteiger partial charge in [0.2, 0.25) is 5.91 Å². The molecule has 2 aromatic rings. The van der Waals surface area contributed by atoms with Crippen LogP contribution in [0.2, 0.25) is 0 Å². The number of halogens is 1. The van der Waals surface area contributed by atoms with E-state index < -0.39 is 5.91 Å². The van der Waals surface area contributed by atoms with E-state index in [0.717, 1.165) is 11.1 Å². The maximum atomic E-state index is 13.1. The number of benzene rings is 2. The predicted octanol–water partition coefficient (Wildman–Crippen LogP) is 2.91. The van der Waals surface area contributed by atoms with E-state index in [4.69, 9.17) is 15.2 Å². The lowest BCUT2D eigenvalue weighted by Crippen LogP contribution is -2.05. The minimum atomic E-state index is -0.523. The highest BCUT2D eigenvalue weighted by Crippen LogP contribution is 2.29. The number of methoxy groups -OCH3 is 1. The van der Waals surface area contributed by atoms with E-state index in [0.29, 0.717) is 11.5 Å². The standard InChI is InChI=1S/C17H16FNO3/c1-21-16-10-12(6-8-17(19)20)5-7-15(16)22-11-13-3-2-4-14(18)9-13/h2-10H,11H2,1H3,(H2,19,20)/b8-6+. The second-order valence-corrected chi connectivity index (χ2v) is 4.56. The van der Waals surface area contributed by atoms with Gasteiger partial charge in [0.15, 0.2) is 11.5 Å². The Balaban J connectivity index is 2.12. The maximum Gasteiger partial charge on any atom is 0.241 e. The molecule has 0 saturated heterocycles. The van der Waals surface area contributed by atoms with Crippen LogP contribution in [0.25, 0.3) is 6.08 Å². The van der Waals surface area contributed by atoms with Crippen LogP contribution in [0.15, 0.2) is 48.5 Å². The van der Waals surface area contributed by atoms with Crippen molar-refractivity contribution in [1.82, 2.24) is 0 Å². The monoisotopic (exact) mass is 301 g/mol. The molecule has 0 aliphatic rings. The fourth-order valence-corrected chi connectivity index (χ4v) is 1.87. The van der Waals surface area contributed by atoms with Crippen molar-refractivity contribution in [3.05, 3.63) is 65.5 Å². The Bertz CT molecular complexity index is 698. The molecule has 0 spiro atoms. The molecule has 114 valence electrons. The van der Waals surface area contributed by atoms with Crippen molar-refractivity contribution in [3.8, 4) is 11.5 Å². The lowest BCUT2D eigenvalue weighted by atomic mass is 10.2. The van der Waals surface area contributed by atoms with E-state index in [1.807, 2.05) is 0 Å².